The van der Waals surface area contributed by atoms with E-state index in [0.717, 1.165) is 30.1 Å². The molecule has 0 saturated carbocycles. The van der Waals surface area contributed by atoms with E-state index in [1.54, 1.807) is 7.11 Å². The van der Waals surface area contributed by atoms with Gasteiger partial charge in [0.15, 0.2) is 0 Å². The smallest absolute Gasteiger partial charge is 0.216 e. The standard InChI is InChI=1S/C16H28N4O/c1-12-14(16(21-3)19(2)18-12)11-20-9-5-6-13(10-20)15-7-4-8-17-15/h13,15,17H,4-11H2,1-3H3. The van der Waals surface area contributed by atoms with Gasteiger partial charge in [-0.1, -0.05) is 0 Å². The van der Waals surface area contributed by atoms with Gasteiger partial charge in [-0.05, 0) is 51.6 Å². The number of likely N-dealkylation sites (tertiary alicyclic amines) is 1. The number of piperidine rings is 1. The second-order valence-electron chi connectivity index (χ2n) is 6.54. The van der Waals surface area contributed by atoms with Crippen LogP contribution in [0.15, 0.2) is 0 Å². The van der Waals surface area contributed by atoms with Crippen molar-refractivity contribution >= 4 is 0 Å². The fourth-order valence-corrected chi connectivity index (χ4v) is 4.02. The van der Waals surface area contributed by atoms with Crippen molar-refractivity contribution in [3.8, 4) is 5.88 Å². The molecule has 2 fully saturated rings. The van der Waals surface area contributed by atoms with Gasteiger partial charge in [0, 0.05) is 26.2 Å². The van der Waals surface area contributed by atoms with E-state index < -0.39 is 0 Å². The zero-order chi connectivity index (χ0) is 14.8. The SMILES string of the molecule is COc1c(CN2CCCC(C3CCCN3)C2)c(C)nn1C. The molecule has 5 heteroatoms. The summed E-state index contributed by atoms with van der Waals surface area (Å²) in [6, 6.07) is 0.740. The largest absolute Gasteiger partial charge is 0.481 e. The Labute approximate surface area is 127 Å². The monoisotopic (exact) mass is 292 g/mol. The molecule has 0 spiro atoms. The van der Waals surface area contributed by atoms with Crippen molar-refractivity contribution in [3.05, 3.63) is 11.3 Å². The maximum absolute atomic E-state index is 5.53. The number of methoxy groups -OCH3 is 1. The van der Waals surface area contributed by atoms with Crippen LogP contribution >= 0.6 is 0 Å². The van der Waals surface area contributed by atoms with Gasteiger partial charge in [0.25, 0.3) is 0 Å². The number of nitrogens with one attached hydrogen (secondary N) is 1. The summed E-state index contributed by atoms with van der Waals surface area (Å²) in [5.41, 5.74) is 2.34. The Morgan fingerprint density at radius 3 is 2.90 bits per heavy atom. The molecule has 1 N–H and O–H groups in total. The molecule has 0 aromatic carbocycles. The highest BCUT2D eigenvalue weighted by Gasteiger charge is 2.29. The molecule has 2 saturated heterocycles. The third-order valence-electron chi connectivity index (χ3n) is 5.07. The molecule has 2 aliphatic heterocycles. The molecule has 118 valence electrons. The molecule has 5 nitrogen and oxygen atoms in total. The van der Waals surface area contributed by atoms with Crippen LogP contribution in [0.5, 0.6) is 5.88 Å². The second-order valence-corrected chi connectivity index (χ2v) is 6.54. The van der Waals surface area contributed by atoms with Crippen molar-refractivity contribution in [3.63, 3.8) is 0 Å². The van der Waals surface area contributed by atoms with E-state index in [-0.39, 0.29) is 0 Å². The van der Waals surface area contributed by atoms with Crippen molar-refractivity contribution in [1.82, 2.24) is 20.0 Å². The summed E-state index contributed by atoms with van der Waals surface area (Å²) >= 11 is 0. The number of ether oxygens (including phenoxy) is 1. The Bertz CT molecular complexity index is 479. The van der Waals surface area contributed by atoms with Crippen LogP contribution in [0.25, 0.3) is 0 Å². The maximum Gasteiger partial charge on any atom is 0.216 e. The number of aryl methyl sites for hydroxylation is 2. The predicted octanol–water partition coefficient (Wildman–Crippen LogP) is 1.70. The first kappa shape index (κ1) is 14.9. The molecule has 1 aromatic heterocycles. The van der Waals surface area contributed by atoms with Crippen molar-refractivity contribution in [2.24, 2.45) is 13.0 Å². The molecule has 2 aliphatic rings. The summed E-state index contributed by atoms with van der Waals surface area (Å²) in [5.74, 6) is 1.72. The van der Waals surface area contributed by atoms with E-state index in [9.17, 15) is 0 Å². The van der Waals surface area contributed by atoms with Crippen molar-refractivity contribution < 1.29 is 4.74 Å². The fourth-order valence-electron chi connectivity index (χ4n) is 4.02. The first-order valence-electron chi connectivity index (χ1n) is 8.21. The van der Waals surface area contributed by atoms with Gasteiger partial charge in [0.1, 0.15) is 0 Å². The number of nitrogens with zero attached hydrogens (tertiary/aromatic N) is 3. The van der Waals surface area contributed by atoms with Crippen molar-refractivity contribution in [1.29, 1.82) is 0 Å². The highest BCUT2D eigenvalue weighted by molar-refractivity contribution is 5.30. The minimum atomic E-state index is 0.740. The summed E-state index contributed by atoms with van der Waals surface area (Å²) in [7, 11) is 3.69. The Morgan fingerprint density at radius 1 is 1.33 bits per heavy atom. The van der Waals surface area contributed by atoms with Crippen molar-refractivity contribution in [2.45, 2.75) is 45.2 Å². The Hall–Kier alpha value is -1.07. The molecule has 21 heavy (non-hydrogen) atoms. The lowest BCUT2D eigenvalue weighted by atomic mass is 9.89. The van der Waals surface area contributed by atoms with Crippen LogP contribution in [0.3, 0.4) is 0 Å². The van der Waals surface area contributed by atoms with Gasteiger partial charge in [-0.2, -0.15) is 5.10 Å². The van der Waals surface area contributed by atoms with E-state index in [2.05, 4.69) is 22.2 Å². The molecule has 0 radical (unpaired) electrons. The second kappa shape index (κ2) is 6.36. The van der Waals surface area contributed by atoms with Gasteiger partial charge in [0.2, 0.25) is 5.88 Å². The normalized spacial score (nSPS) is 27.2. The molecule has 3 rings (SSSR count). The molecule has 2 atom stereocenters. The Kier molecular flexibility index (Phi) is 4.50. The zero-order valence-electron chi connectivity index (χ0n) is 13.6. The molecule has 2 unspecified atom stereocenters. The van der Waals surface area contributed by atoms with Gasteiger partial charge in [-0.25, -0.2) is 4.68 Å². The third-order valence-corrected chi connectivity index (χ3v) is 5.07. The minimum Gasteiger partial charge on any atom is -0.481 e. The van der Waals surface area contributed by atoms with Crippen molar-refractivity contribution in [2.75, 3.05) is 26.7 Å². The zero-order valence-corrected chi connectivity index (χ0v) is 13.6. The average molecular weight is 292 g/mol. The molecule has 3 heterocycles. The van der Waals surface area contributed by atoms with Gasteiger partial charge >= 0.3 is 0 Å². The summed E-state index contributed by atoms with van der Waals surface area (Å²) in [4.78, 5) is 2.58. The third kappa shape index (κ3) is 3.09. The Balaban J connectivity index is 1.67. The number of hydrogen-bond acceptors (Lipinski definition) is 4. The quantitative estimate of drug-likeness (QED) is 0.917. The Morgan fingerprint density at radius 2 is 2.19 bits per heavy atom. The van der Waals surface area contributed by atoms with Crippen LogP contribution < -0.4 is 10.1 Å². The van der Waals surface area contributed by atoms with E-state index in [1.807, 2.05) is 11.7 Å². The van der Waals surface area contributed by atoms with E-state index in [4.69, 9.17) is 4.74 Å². The summed E-state index contributed by atoms with van der Waals surface area (Å²) in [5, 5.41) is 8.18. The van der Waals surface area contributed by atoms with E-state index in [1.165, 1.54) is 50.9 Å². The first-order valence-corrected chi connectivity index (χ1v) is 8.21. The predicted molar refractivity (Wildman–Crippen MR) is 83.5 cm³/mol. The number of aromatic nitrogens is 2. The van der Waals surface area contributed by atoms with Crippen LogP contribution in [0.4, 0.5) is 0 Å². The highest BCUT2D eigenvalue weighted by atomic mass is 16.5. The maximum atomic E-state index is 5.53. The van der Waals surface area contributed by atoms with Gasteiger partial charge in [-0.3, -0.25) is 4.90 Å². The molecule has 1 aromatic rings. The van der Waals surface area contributed by atoms with Crippen LogP contribution in [0.1, 0.15) is 36.9 Å². The van der Waals surface area contributed by atoms with Crippen LogP contribution in [0, 0.1) is 12.8 Å². The van der Waals surface area contributed by atoms with E-state index >= 15 is 0 Å². The van der Waals surface area contributed by atoms with Crippen LogP contribution in [0.2, 0.25) is 0 Å². The lowest BCUT2D eigenvalue weighted by Crippen LogP contribution is -2.43. The molecule has 0 amide bonds. The summed E-state index contributed by atoms with van der Waals surface area (Å²) < 4.78 is 7.38. The van der Waals surface area contributed by atoms with Crippen LogP contribution in [-0.4, -0.2) is 47.5 Å². The molecular formula is C16H28N4O. The van der Waals surface area contributed by atoms with Crippen LogP contribution in [-0.2, 0) is 13.6 Å². The van der Waals surface area contributed by atoms with Gasteiger partial charge in [-0.15, -0.1) is 0 Å². The number of rotatable bonds is 4. The summed E-state index contributed by atoms with van der Waals surface area (Å²) in [6.07, 6.45) is 5.38. The molecular weight excluding hydrogens is 264 g/mol. The summed E-state index contributed by atoms with van der Waals surface area (Å²) in [6.45, 7) is 6.65. The topological polar surface area (TPSA) is 42.3 Å². The minimum absolute atomic E-state index is 0.740. The number of hydrogen-bond donors (Lipinski definition) is 1. The average Bonchev–Trinajstić information content (AvgIpc) is 3.09. The van der Waals surface area contributed by atoms with Gasteiger partial charge < -0.3 is 10.1 Å². The van der Waals surface area contributed by atoms with E-state index in [0.29, 0.717) is 0 Å². The lowest BCUT2D eigenvalue weighted by molar-refractivity contribution is 0.144. The molecule has 0 bridgehead atoms. The molecule has 0 aliphatic carbocycles. The fraction of sp³-hybridized carbons (Fsp3) is 0.812. The lowest BCUT2D eigenvalue weighted by Gasteiger charge is -2.35. The van der Waals surface area contributed by atoms with Gasteiger partial charge in [0.05, 0.1) is 18.4 Å². The highest BCUT2D eigenvalue weighted by Crippen LogP contribution is 2.28. The first-order chi connectivity index (χ1) is 10.2.